The third-order valence-corrected chi connectivity index (χ3v) is 13.5. The minimum absolute atomic E-state index is 0.131. The number of sulfonamides is 1. The van der Waals surface area contributed by atoms with Crippen molar-refractivity contribution in [3.05, 3.63) is 58.5 Å². The topological polar surface area (TPSA) is 155 Å². The molecule has 1 atom stereocenters. The van der Waals surface area contributed by atoms with E-state index < -0.39 is 33.7 Å². The van der Waals surface area contributed by atoms with E-state index in [1.165, 1.54) is 4.31 Å². The van der Waals surface area contributed by atoms with Crippen molar-refractivity contribution >= 4 is 44.7 Å². The monoisotopic (exact) mass is 763 g/mol. The van der Waals surface area contributed by atoms with Crippen molar-refractivity contribution in [2.24, 2.45) is 7.05 Å². The number of aromatic nitrogens is 2. The molecule has 15 heteroatoms. The van der Waals surface area contributed by atoms with Crippen LogP contribution in [0.3, 0.4) is 0 Å². The SMILES string of the molecule is Cn1c(=O)n(C2CCC(=O)NC2=O)c2cccc(C3CCN(C4CCN(c5cccc(S(=O)(=O)N6CCC(NC(=O)OC(C)(C)C)CC6)c5)CC4)CC3)c21. The number of likely N-dealkylation sites (tertiary alicyclic amines) is 1. The number of nitrogens with one attached hydrogen (secondary N) is 2. The van der Waals surface area contributed by atoms with Crippen LogP contribution < -0.4 is 21.2 Å². The number of fused-ring (bicyclic) bond motifs is 1. The van der Waals surface area contributed by atoms with Crippen LogP contribution in [0.2, 0.25) is 0 Å². The van der Waals surface area contributed by atoms with E-state index >= 15 is 0 Å². The van der Waals surface area contributed by atoms with Crippen molar-refractivity contribution in [2.75, 3.05) is 44.2 Å². The number of piperidine rings is 4. The largest absolute Gasteiger partial charge is 0.444 e. The summed E-state index contributed by atoms with van der Waals surface area (Å²) >= 11 is 0. The zero-order valence-corrected chi connectivity index (χ0v) is 32.6. The lowest BCUT2D eigenvalue weighted by Crippen LogP contribution is -2.48. The summed E-state index contributed by atoms with van der Waals surface area (Å²) < 4.78 is 37.4. The van der Waals surface area contributed by atoms with Crippen LogP contribution in [0, 0.1) is 0 Å². The summed E-state index contributed by atoms with van der Waals surface area (Å²) in [6.07, 6.45) is 4.99. The molecular formula is C39H53N7O7S. The highest BCUT2D eigenvalue weighted by Gasteiger charge is 2.35. The summed E-state index contributed by atoms with van der Waals surface area (Å²) in [6.45, 7) is 9.67. The standard InChI is InChI=1S/C39H53N7O7S/c1-39(2,3)53-37(49)40-27-15-23-45(24-16-27)54(51,52)30-8-5-7-29(25-30)44-21-17-28(18-22-44)43-19-13-26(14-20-43)31-9-6-10-32-35(31)42(4)38(50)46(32)33-11-12-34(47)41-36(33)48/h5-10,25-28,33H,11-24H2,1-4H3,(H,40,49)(H,41,47,48). The molecule has 0 bridgehead atoms. The maximum atomic E-state index is 13.7. The molecule has 1 aromatic heterocycles. The number of imide groups is 1. The van der Waals surface area contributed by atoms with Crippen molar-refractivity contribution < 1.29 is 27.5 Å². The zero-order chi connectivity index (χ0) is 38.4. The average Bonchev–Trinajstić information content (AvgIpc) is 3.40. The van der Waals surface area contributed by atoms with Crippen LogP contribution in [0.1, 0.15) is 89.7 Å². The van der Waals surface area contributed by atoms with Crippen LogP contribution in [0.5, 0.6) is 0 Å². The van der Waals surface area contributed by atoms with Gasteiger partial charge in [0.1, 0.15) is 11.6 Å². The smallest absolute Gasteiger partial charge is 0.407 e. The minimum atomic E-state index is -3.68. The molecule has 4 fully saturated rings. The third-order valence-electron chi connectivity index (χ3n) is 11.6. The van der Waals surface area contributed by atoms with Gasteiger partial charge in [0.15, 0.2) is 0 Å². The van der Waals surface area contributed by atoms with Crippen molar-refractivity contribution in [1.82, 2.24) is 29.0 Å². The van der Waals surface area contributed by atoms with E-state index in [1.54, 1.807) is 28.3 Å². The molecule has 1 unspecified atom stereocenters. The number of nitrogens with zero attached hydrogens (tertiary/aromatic N) is 5. The molecule has 3 aromatic rings. The highest BCUT2D eigenvalue weighted by atomic mass is 32.2. The average molecular weight is 764 g/mol. The quantitative estimate of drug-likeness (QED) is 0.342. The fraction of sp³-hybridized carbons (Fsp3) is 0.590. The third kappa shape index (κ3) is 7.80. The number of aryl methyl sites for hydroxylation is 1. The van der Waals surface area contributed by atoms with E-state index in [4.69, 9.17) is 4.74 Å². The molecule has 4 saturated heterocycles. The number of hydrogen-bond donors (Lipinski definition) is 2. The van der Waals surface area contributed by atoms with Gasteiger partial charge in [-0.05, 0) is 115 Å². The van der Waals surface area contributed by atoms with Gasteiger partial charge < -0.3 is 19.9 Å². The number of imidazole rings is 1. The van der Waals surface area contributed by atoms with Gasteiger partial charge in [0.2, 0.25) is 21.8 Å². The van der Waals surface area contributed by atoms with Crippen molar-refractivity contribution in [3.8, 4) is 0 Å². The van der Waals surface area contributed by atoms with Gasteiger partial charge in [-0.15, -0.1) is 0 Å². The molecule has 3 amide bonds. The van der Waals surface area contributed by atoms with E-state index in [1.807, 2.05) is 45.0 Å². The van der Waals surface area contributed by atoms with Gasteiger partial charge >= 0.3 is 11.8 Å². The van der Waals surface area contributed by atoms with Crippen LogP contribution >= 0.6 is 0 Å². The van der Waals surface area contributed by atoms with E-state index in [2.05, 4.69) is 26.5 Å². The van der Waals surface area contributed by atoms with Crippen LogP contribution in [0.4, 0.5) is 10.5 Å². The first-order valence-electron chi connectivity index (χ1n) is 19.3. The summed E-state index contributed by atoms with van der Waals surface area (Å²) in [7, 11) is -1.92. The molecule has 0 spiro atoms. The van der Waals surface area contributed by atoms with Crippen LogP contribution in [-0.4, -0.2) is 102 Å². The Balaban J connectivity index is 0.935. The number of rotatable bonds is 7. The Kier molecular flexibility index (Phi) is 10.7. The maximum Gasteiger partial charge on any atom is 0.407 e. The van der Waals surface area contributed by atoms with Gasteiger partial charge in [-0.25, -0.2) is 18.0 Å². The normalized spacial score (nSPS) is 22.1. The van der Waals surface area contributed by atoms with Gasteiger partial charge in [0, 0.05) is 57.4 Å². The first-order valence-corrected chi connectivity index (χ1v) is 20.8. The second-order valence-corrected chi connectivity index (χ2v) is 18.2. The molecule has 2 N–H and O–H groups in total. The van der Waals surface area contributed by atoms with E-state index in [9.17, 15) is 27.6 Å². The maximum absolute atomic E-state index is 13.7. The fourth-order valence-electron chi connectivity index (χ4n) is 8.80. The summed E-state index contributed by atoms with van der Waals surface area (Å²) in [5, 5.41) is 5.27. The minimum Gasteiger partial charge on any atom is -0.444 e. The van der Waals surface area contributed by atoms with Crippen LogP contribution in [0.25, 0.3) is 11.0 Å². The van der Waals surface area contributed by atoms with Gasteiger partial charge in [-0.3, -0.25) is 24.0 Å². The molecule has 0 saturated carbocycles. The lowest BCUT2D eigenvalue weighted by molar-refractivity contribution is -0.135. The van der Waals surface area contributed by atoms with Gasteiger partial charge in [-0.1, -0.05) is 18.2 Å². The number of hydrogen-bond acceptors (Lipinski definition) is 9. The first kappa shape index (κ1) is 38.1. The van der Waals surface area contributed by atoms with Gasteiger partial charge in [-0.2, -0.15) is 4.31 Å². The lowest BCUT2D eigenvalue weighted by Gasteiger charge is -2.42. The Labute approximate surface area is 316 Å². The Hall–Kier alpha value is -4.21. The second kappa shape index (κ2) is 15.1. The van der Waals surface area contributed by atoms with Crippen molar-refractivity contribution in [1.29, 1.82) is 0 Å². The number of amides is 3. The molecule has 2 aromatic carbocycles. The predicted molar refractivity (Wildman–Crippen MR) is 205 cm³/mol. The number of alkyl carbamates (subject to hydrolysis) is 1. The van der Waals surface area contributed by atoms with E-state index in [0.29, 0.717) is 43.3 Å². The molecule has 5 heterocycles. The number of ether oxygens (including phenoxy) is 1. The molecule has 0 aliphatic carbocycles. The zero-order valence-electron chi connectivity index (χ0n) is 31.8. The fourth-order valence-corrected chi connectivity index (χ4v) is 10.3. The van der Waals surface area contributed by atoms with Gasteiger partial charge in [0.05, 0.1) is 15.9 Å². The molecule has 14 nitrogen and oxygen atoms in total. The molecule has 4 aliphatic rings. The Morgan fingerprint density at radius 3 is 2.22 bits per heavy atom. The molecule has 0 radical (unpaired) electrons. The lowest BCUT2D eigenvalue weighted by atomic mass is 9.87. The predicted octanol–water partition coefficient (Wildman–Crippen LogP) is 3.84. The van der Waals surface area contributed by atoms with E-state index in [0.717, 1.165) is 74.1 Å². The number of carbonyl (C=O) groups is 3. The second-order valence-electron chi connectivity index (χ2n) is 16.2. The molecule has 292 valence electrons. The Bertz CT molecular complexity index is 2060. The van der Waals surface area contributed by atoms with Crippen molar-refractivity contribution in [2.45, 2.75) is 107 Å². The molecule has 4 aliphatic heterocycles. The number of benzene rings is 2. The van der Waals surface area contributed by atoms with Crippen LogP contribution in [-0.2, 0) is 31.4 Å². The van der Waals surface area contributed by atoms with Crippen molar-refractivity contribution in [3.63, 3.8) is 0 Å². The molecule has 54 heavy (non-hydrogen) atoms. The number of para-hydroxylation sites is 1. The molecular weight excluding hydrogens is 711 g/mol. The highest BCUT2D eigenvalue weighted by molar-refractivity contribution is 7.89. The first-order chi connectivity index (χ1) is 25.7. The summed E-state index contributed by atoms with van der Waals surface area (Å²) in [5.74, 6) is -0.445. The van der Waals surface area contributed by atoms with Crippen LogP contribution in [0.15, 0.2) is 52.2 Å². The summed E-state index contributed by atoms with van der Waals surface area (Å²) in [4.78, 5) is 55.3. The Morgan fingerprint density at radius 2 is 1.56 bits per heavy atom. The summed E-state index contributed by atoms with van der Waals surface area (Å²) in [6, 6.07) is 12.9. The Morgan fingerprint density at radius 1 is 0.870 bits per heavy atom. The number of carbonyl (C=O) groups excluding carboxylic acids is 3. The van der Waals surface area contributed by atoms with Gasteiger partial charge in [0.25, 0.3) is 0 Å². The summed E-state index contributed by atoms with van der Waals surface area (Å²) in [5.41, 5.74) is 2.81. The number of anilines is 1. The highest BCUT2D eigenvalue weighted by Crippen LogP contribution is 2.36. The molecule has 7 rings (SSSR count). The van der Waals surface area contributed by atoms with E-state index in [-0.39, 0.29) is 30.0 Å².